The number of benzene rings is 2. The standard InChI is InChI=1S/C15H13FN2O/c1-10(11-5-3-2-4-6-11)18-14-8-7-12(16)9-13(14)17-15(18)19/h2-10H,1H3,(H,17,19). The monoisotopic (exact) mass is 256 g/mol. The molecule has 1 atom stereocenters. The second kappa shape index (κ2) is 4.39. The lowest BCUT2D eigenvalue weighted by Gasteiger charge is -2.13. The Labute approximate surface area is 109 Å². The average Bonchev–Trinajstić information content (AvgIpc) is 2.74. The van der Waals surface area contributed by atoms with E-state index in [1.54, 1.807) is 10.6 Å². The topological polar surface area (TPSA) is 37.8 Å². The predicted molar refractivity (Wildman–Crippen MR) is 72.8 cm³/mol. The van der Waals surface area contributed by atoms with Crippen molar-refractivity contribution in [1.29, 1.82) is 0 Å². The molecule has 0 amide bonds. The molecule has 0 aliphatic rings. The molecule has 2 aromatic carbocycles. The molecule has 0 saturated carbocycles. The molecule has 0 bridgehead atoms. The van der Waals surface area contributed by atoms with E-state index in [9.17, 15) is 9.18 Å². The van der Waals surface area contributed by atoms with E-state index in [4.69, 9.17) is 0 Å². The number of aromatic amines is 1. The Kier molecular flexibility index (Phi) is 2.71. The summed E-state index contributed by atoms with van der Waals surface area (Å²) in [6, 6.07) is 14.0. The van der Waals surface area contributed by atoms with Crippen molar-refractivity contribution < 1.29 is 4.39 Å². The summed E-state index contributed by atoms with van der Waals surface area (Å²) in [7, 11) is 0. The molecule has 0 fully saturated rings. The molecular formula is C15H13FN2O. The quantitative estimate of drug-likeness (QED) is 0.751. The first-order valence-electron chi connectivity index (χ1n) is 6.11. The summed E-state index contributed by atoms with van der Waals surface area (Å²) in [6.45, 7) is 1.95. The lowest BCUT2D eigenvalue weighted by atomic mass is 10.1. The van der Waals surface area contributed by atoms with Crippen LogP contribution in [0, 0.1) is 5.82 Å². The van der Waals surface area contributed by atoms with Crippen LogP contribution in [-0.2, 0) is 0 Å². The maximum Gasteiger partial charge on any atom is 0.327 e. The Balaban J connectivity index is 2.20. The van der Waals surface area contributed by atoms with Gasteiger partial charge in [0.05, 0.1) is 17.1 Å². The Morgan fingerprint density at radius 2 is 1.89 bits per heavy atom. The predicted octanol–water partition coefficient (Wildman–Crippen LogP) is 3.08. The van der Waals surface area contributed by atoms with E-state index in [1.807, 2.05) is 37.3 Å². The van der Waals surface area contributed by atoms with Crippen molar-refractivity contribution >= 4 is 11.0 Å². The molecule has 19 heavy (non-hydrogen) atoms. The van der Waals surface area contributed by atoms with E-state index in [-0.39, 0.29) is 17.5 Å². The van der Waals surface area contributed by atoms with Gasteiger partial charge in [0, 0.05) is 0 Å². The molecule has 96 valence electrons. The number of imidazole rings is 1. The zero-order chi connectivity index (χ0) is 13.4. The highest BCUT2D eigenvalue weighted by molar-refractivity contribution is 5.75. The zero-order valence-electron chi connectivity index (χ0n) is 10.4. The van der Waals surface area contributed by atoms with Crippen molar-refractivity contribution in [2.24, 2.45) is 0 Å². The van der Waals surface area contributed by atoms with Gasteiger partial charge in [0.25, 0.3) is 0 Å². The summed E-state index contributed by atoms with van der Waals surface area (Å²) in [5, 5.41) is 0. The number of hydrogen-bond donors (Lipinski definition) is 1. The molecule has 3 aromatic rings. The molecule has 1 heterocycles. The SMILES string of the molecule is CC(c1ccccc1)n1c(=O)[nH]c2cc(F)ccc21. The number of halogens is 1. The Morgan fingerprint density at radius 3 is 2.63 bits per heavy atom. The molecular weight excluding hydrogens is 243 g/mol. The van der Waals surface area contributed by atoms with Gasteiger partial charge in [-0.05, 0) is 30.7 Å². The minimum absolute atomic E-state index is 0.104. The molecule has 4 heteroatoms. The van der Waals surface area contributed by atoms with E-state index in [1.165, 1.54) is 12.1 Å². The van der Waals surface area contributed by atoms with E-state index in [0.717, 1.165) is 5.56 Å². The smallest absolute Gasteiger partial charge is 0.305 e. The van der Waals surface area contributed by atoms with Gasteiger partial charge in [-0.15, -0.1) is 0 Å². The molecule has 0 radical (unpaired) electrons. The number of aromatic nitrogens is 2. The Morgan fingerprint density at radius 1 is 1.16 bits per heavy atom. The van der Waals surface area contributed by atoms with Crippen molar-refractivity contribution in [3.8, 4) is 0 Å². The third-order valence-electron chi connectivity index (χ3n) is 3.35. The maximum atomic E-state index is 13.2. The number of hydrogen-bond acceptors (Lipinski definition) is 1. The average molecular weight is 256 g/mol. The molecule has 3 rings (SSSR count). The summed E-state index contributed by atoms with van der Waals surface area (Å²) in [4.78, 5) is 14.7. The van der Waals surface area contributed by atoms with Gasteiger partial charge < -0.3 is 4.98 Å². The molecule has 1 unspecified atom stereocenters. The lowest BCUT2D eigenvalue weighted by molar-refractivity contribution is 0.626. The minimum atomic E-state index is -0.353. The number of nitrogens with zero attached hydrogens (tertiary/aromatic N) is 1. The van der Waals surface area contributed by atoms with Crippen LogP contribution in [0.5, 0.6) is 0 Å². The van der Waals surface area contributed by atoms with Gasteiger partial charge in [-0.25, -0.2) is 9.18 Å². The van der Waals surface area contributed by atoms with Crippen molar-refractivity contribution in [1.82, 2.24) is 9.55 Å². The third-order valence-corrected chi connectivity index (χ3v) is 3.35. The van der Waals surface area contributed by atoms with Crippen LogP contribution in [0.1, 0.15) is 18.5 Å². The van der Waals surface area contributed by atoms with Crippen LogP contribution in [0.3, 0.4) is 0 Å². The van der Waals surface area contributed by atoms with Gasteiger partial charge in [0.2, 0.25) is 0 Å². The van der Waals surface area contributed by atoms with Crippen LogP contribution in [-0.4, -0.2) is 9.55 Å². The summed E-state index contributed by atoms with van der Waals surface area (Å²) < 4.78 is 14.8. The molecule has 1 aromatic heterocycles. The molecule has 0 aliphatic heterocycles. The van der Waals surface area contributed by atoms with Crippen LogP contribution in [0.4, 0.5) is 4.39 Å². The fourth-order valence-electron chi connectivity index (χ4n) is 2.37. The number of rotatable bonds is 2. The zero-order valence-corrected chi connectivity index (χ0v) is 10.4. The first-order valence-corrected chi connectivity index (χ1v) is 6.11. The Hall–Kier alpha value is -2.36. The van der Waals surface area contributed by atoms with Gasteiger partial charge >= 0.3 is 5.69 Å². The molecule has 0 saturated heterocycles. The van der Waals surface area contributed by atoms with Gasteiger partial charge in [-0.2, -0.15) is 0 Å². The first-order chi connectivity index (χ1) is 9.16. The highest BCUT2D eigenvalue weighted by Crippen LogP contribution is 2.21. The fraction of sp³-hybridized carbons (Fsp3) is 0.133. The van der Waals surface area contributed by atoms with Crippen LogP contribution in [0.2, 0.25) is 0 Å². The molecule has 0 spiro atoms. The van der Waals surface area contributed by atoms with Crippen molar-refractivity contribution in [2.75, 3.05) is 0 Å². The first kappa shape index (κ1) is 11.7. The van der Waals surface area contributed by atoms with Gasteiger partial charge in [-0.1, -0.05) is 30.3 Å². The Bertz CT molecular complexity index is 774. The largest absolute Gasteiger partial charge is 0.327 e. The van der Waals surface area contributed by atoms with Crippen LogP contribution >= 0.6 is 0 Å². The maximum absolute atomic E-state index is 13.2. The van der Waals surface area contributed by atoms with E-state index >= 15 is 0 Å². The highest BCUT2D eigenvalue weighted by atomic mass is 19.1. The van der Waals surface area contributed by atoms with Crippen LogP contribution in [0.15, 0.2) is 53.3 Å². The van der Waals surface area contributed by atoms with Crippen molar-refractivity contribution in [3.63, 3.8) is 0 Å². The molecule has 3 nitrogen and oxygen atoms in total. The number of H-pyrrole nitrogens is 1. The highest BCUT2D eigenvalue weighted by Gasteiger charge is 2.14. The molecule has 1 N–H and O–H groups in total. The van der Waals surface area contributed by atoms with Crippen molar-refractivity contribution in [2.45, 2.75) is 13.0 Å². The molecule has 0 aliphatic carbocycles. The van der Waals surface area contributed by atoms with E-state index in [0.29, 0.717) is 11.0 Å². The summed E-state index contributed by atoms with van der Waals surface area (Å²) in [6.07, 6.45) is 0. The van der Waals surface area contributed by atoms with Gasteiger partial charge in [-0.3, -0.25) is 4.57 Å². The summed E-state index contributed by atoms with van der Waals surface area (Å²) in [5.74, 6) is -0.353. The summed E-state index contributed by atoms with van der Waals surface area (Å²) >= 11 is 0. The normalized spacial score (nSPS) is 12.7. The van der Waals surface area contributed by atoms with Gasteiger partial charge in [0.1, 0.15) is 5.82 Å². The second-order valence-electron chi connectivity index (χ2n) is 4.55. The fourth-order valence-corrected chi connectivity index (χ4v) is 2.37. The third kappa shape index (κ3) is 1.95. The lowest BCUT2D eigenvalue weighted by Crippen LogP contribution is -2.21. The van der Waals surface area contributed by atoms with E-state index < -0.39 is 0 Å². The number of fused-ring (bicyclic) bond motifs is 1. The van der Waals surface area contributed by atoms with Gasteiger partial charge in [0.15, 0.2) is 0 Å². The van der Waals surface area contributed by atoms with Crippen molar-refractivity contribution in [3.05, 3.63) is 70.4 Å². The summed E-state index contributed by atoms with van der Waals surface area (Å²) in [5.41, 5.74) is 2.04. The minimum Gasteiger partial charge on any atom is -0.305 e. The number of nitrogens with one attached hydrogen (secondary N) is 1. The van der Waals surface area contributed by atoms with E-state index in [2.05, 4.69) is 4.98 Å². The van der Waals surface area contributed by atoms with Crippen LogP contribution in [0.25, 0.3) is 11.0 Å². The van der Waals surface area contributed by atoms with Crippen LogP contribution < -0.4 is 5.69 Å². The second-order valence-corrected chi connectivity index (χ2v) is 4.55.